The monoisotopic (exact) mass is 332 g/mol. The molecule has 2 aliphatic rings. The summed E-state index contributed by atoms with van der Waals surface area (Å²) >= 11 is 6.31. The molecule has 0 radical (unpaired) electrons. The van der Waals surface area contributed by atoms with Crippen molar-refractivity contribution in [1.82, 2.24) is 4.98 Å². The van der Waals surface area contributed by atoms with Gasteiger partial charge in [-0.15, -0.1) is 0 Å². The molecule has 4 nitrogen and oxygen atoms in total. The number of nitrogens with one attached hydrogen (secondary N) is 1. The number of halogens is 1. The number of ether oxygens (including phenoxy) is 1. The number of hydrogen-bond donors (Lipinski definition) is 2. The first-order valence-corrected chi connectivity index (χ1v) is 8.69. The van der Waals surface area contributed by atoms with Crippen LogP contribution in [-0.4, -0.2) is 17.6 Å². The van der Waals surface area contributed by atoms with E-state index in [0.717, 1.165) is 18.2 Å². The van der Waals surface area contributed by atoms with E-state index in [4.69, 9.17) is 22.1 Å². The lowest BCUT2D eigenvalue weighted by atomic mass is 9.77. The highest BCUT2D eigenvalue weighted by Crippen LogP contribution is 2.46. The zero-order chi connectivity index (χ0) is 16.0. The maximum absolute atomic E-state index is 11.8. The Bertz CT molecular complexity index is 774. The summed E-state index contributed by atoms with van der Waals surface area (Å²) < 4.78 is 6.06. The van der Waals surface area contributed by atoms with Crippen LogP contribution in [0.4, 0.5) is 0 Å². The fourth-order valence-electron chi connectivity index (χ4n) is 4.46. The average Bonchev–Trinajstić information content (AvgIpc) is 2.76. The van der Waals surface area contributed by atoms with Crippen LogP contribution in [0.15, 0.2) is 29.2 Å². The molecular weight excluding hydrogens is 312 g/mol. The van der Waals surface area contributed by atoms with Gasteiger partial charge in [0.15, 0.2) is 0 Å². The Morgan fingerprint density at radius 2 is 2.00 bits per heavy atom. The Morgan fingerprint density at radius 1 is 1.26 bits per heavy atom. The van der Waals surface area contributed by atoms with Crippen LogP contribution in [0.2, 0.25) is 5.02 Å². The van der Waals surface area contributed by atoms with Crippen LogP contribution in [0.25, 0.3) is 10.8 Å². The third kappa shape index (κ3) is 2.74. The Morgan fingerprint density at radius 3 is 2.74 bits per heavy atom. The van der Waals surface area contributed by atoms with Gasteiger partial charge in [-0.25, -0.2) is 0 Å². The molecule has 5 heteroatoms. The van der Waals surface area contributed by atoms with E-state index in [0.29, 0.717) is 46.6 Å². The summed E-state index contributed by atoms with van der Waals surface area (Å²) in [5.41, 5.74) is 6.00. The van der Waals surface area contributed by atoms with Crippen molar-refractivity contribution in [3.63, 3.8) is 0 Å². The second kappa shape index (κ2) is 5.84. The van der Waals surface area contributed by atoms with Gasteiger partial charge in [0.05, 0.1) is 11.6 Å². The van der Waals surface area contributed by atoms with E-state index in [1.54, 1.807) is 12.3 Å². The first-order chi connectivity index (χ1) is 11.1. The Hall–Kier alpha value is -1.52. The second-order valence-corrected chi connectivity index (χ2v) is 7.39. The standard InChI is InChI=1S/C18H21ClN2O2/c19-16-8-14-12(3-4-21-18(14)22)7-17(16)23-9-15-10-1-2-11(15)6-13(20)5-10/h3-4,7-8,10-11,13,15H,1-2,5-6,9,20H2,(H,21,22)/t10-,11+,13?,15?. The third-order valence-corrected chi connectivity index (χ3v) is 5.88. The molecule has 1 aromatic heterocycles. The molecule has 2 fully saturated rings. The molecule has 0 spiro atoms. The van der Waals surface area contributed by atoms with Crippen molar-refractivity contribution in [2.75, 3.05) is 6.61 Å². The number of nitrogens with two attached hydrogens (primary N) is 1. The van der Waals surface area contributed by atoms with Gasteiger partial charge in [0.1, 0.15) is 5.75 Å². The minimum atomic E-state index is -0.129. The molecule has 4 atom stereocenters. The Labute approximate surface area is 140 Å². The number of pyridine rings is 1. The van der Waals surface area contributed by atoms with Gasteiger partial charge in [-0.1, -0.05) is 11.6 Å². The predicted octanol–water partition coefficient (Wildman–Crippen LogP) is 3.32. The number of aromatic amines is 1. The van der Waals surface area contributed by atoms with Crippen LogP contribution in [0, 0.1) is 17.8 Å². The number of H-pyrrole nitrogens is 1. The van der Waals surface area contributed by atoms with Gasteiger partial charge >= 0.3 is 0 Å². The van der Waals surface area contributed by atoms with Crippen molar-refractivity contribution in [3.8, 4) is 5.75 Å². The van der Waals surface area contributed by atoms with Gasteiger partial charge in [-0.2, -0.15) is 0 Å². The lowest BCUT2D eigenvalue weighted by molar-refractivity contribution is 0.131. The Balaban J connectivity index is 1.54. The summed E-state index contributed by atoms with van der Waals surface area (Å²) in [5, 5.41) is 1.93. The summed E-state index contributed by atoms with van der Waals surface area (Å²) in [6.45, 7) is 0.691. The molecule has 2 aliphatic carbocycles. The maximum atomic E-state index is 11.8. The lowest BCUT2D eigenvalue weighted by Crippen LogP contribution is -2.37. The van der Waals surface area contributed by atoms with E-state index in [2.05, 4.69) is 4.98 Å². The molecule has 1 aromatic carbocycles. The number of aromatic nitrogens is 1. The molecular formula is C18H21ClN2O2. The highest BCUT2D eigenvalue weighted by atomic mass is 35.5. The molecule has 0 aliphatic heterocycles. The first kappa shape index (κ1) is 15.0. The van der Waals surface area contributed by atoms with Crippen LogP contribution < -0.4 is 16.0 Å². The van der Waals surface area contributed by atoms with Crippen LogP contribution >= 0.6 is 11.6 Å². The number of hydrogen-bond acceptors (Lipinski definition) is 3. The maximum Gasteiger partial charge on any atom is 0.255 e. The zero-order valence-corrected chi connectivity index (χ0v) is 13.7. The summed E-state index contributed by atoms with van der Waals surface area (Å²) in [6, 6.07) is 5.78. The summed E-state index contributed by atoms with van der Waals surface area (Å²) in [4.78, 5) is 14.5. The van der Waals surface area contributed by atoms with Crippen molar-refractivity contribution >= 4 is 22.4 Å². The number of benzene rings is 1. The molecule has 4 rings (SSSR count). The Kier molecular flexibility index (Phi) is 3.82. The molecule has 122 valence electrons. The molecule has 1 heterocycles. The van der Waals surface area contributed by atoms with E-state index in [-0.39, 0.29) is 5.56 Å². The van der Waals surface area contributed by atoms with Crippen LogP contribution in [-0.2, 0) is 0 Å². The van der Waals surface area contributed by atoms with Crippen molar-refractivity contribution < 1.29 is 4.74 Å². The number of fused-ring (bicyclic) bond motifs is 3. The van der Waals surface area contributed by atoms with E-state index in [9.17, 15) is 4.79 Å². The van der Waals surface area contributed by atoms with Gasteiger partial charge in [-0.3, -0.25) is 4.79 Å². The lowest BCUT2D eigenvalue weighted by Gasteiger charge is -2.33. The summed E-state index contributed by atoms with van der Waals surface area (Å²) in [7, 11) is 0. The smallest absolute Gasteiger partial charge is 0.255 e. The molecule has 0 saturated heterocycles. The van der Waals surface area contributed by atoms with Gasteiger partial charge in [-0.05, 0) is 67.0 Å². The van der Waals surface area contributed by atoms with Gasteiger partial charge in [0.2, 0.25) is 0 Å². The van der Waals surface area contributed by atoms with Crippen LogP contribution in [0.5, 0.6) is 5.75 Å². The molecule has 0 amide bonds. The highest BCUT2D eigenvalue weighted by molar-refractivity contribution is 6.32. The van der Waals surface area contributed by atoms with Gasteiger partial charge < -0.3 is 15.5 Å². The minimum absolute atomic E-state index is 0.129. The minimum Gasteiger partial charge on any atom is -0.492 e. The van der Waals surface area contributed by atoms with Crippen molar-refractivity contribution in [3.05, 3.63) is 39.8 Å². The topological polar surface area (TPSA) is 68.1 Å². The third-order valence-electron chi connectivity index (χ3n) is 5.59. The van der Waals surface area contributed by atoms with E-state index in [1.807, 2.05) is 12.1 Å². The molecule has 2 aromatic rings. The molecule has 2 unspecified atom stereocenters. The largest absolute Gasteiger partial charge is 0.492 e. The van der Waals surface area contributed by atoms with Crippen molar-refractivity contribution in [1.29, 1.82) is 0 Å². The van der Waals surface area contributed by atoms with Gasteiger partial charge in [0, 0.05) is 17.6 Å². The van der Waals surface area contributed by atoms with Crippen LogP contribution in [0.3, 0.4) is 0 Å². The van der Waals surface area contributed by atoms with E-state index < -0.39 is 0 Å². The fraction of sp³-hybridized carbons (Fsp3) is 0.500. The molecule has 2 bridgehead atoms. The van der Waals surface area contributed by atoms with Gasteiger partial charge in [0.25, 0.3) is 5.56 Å². The van der Waals surface area contributed by atoms with Crippen molar-refractivity contribution in [2.24, 2.45) is 23.5 Å². The van der Waals surface area contributed by atoms with Crippen molar-refractivity contribution in [2.45, 2.75) is 31.7 Å². The second-order valence-electron chi connectivity index (χ2n) is 6.98. The summed E-state index contributed by atoms with van der Waals surface area (Å²) in [5.74, 6) is 2.62. The normalized spacial score (nSPS) is 29.8. The first-order valence-electron chi connectivity index (χ1n) is 8.31. The fourth-order valence-corrected chi connectivity index (χ4v) is 4.68. The van der Waals surface area contributed by atoms with E-state index >= 15 is 0 Å². The molecule has 23 heavy (non-hydrogen) atoms. The summed E-state index contributed by atoms with van der Waals surface area (Å²) in [6.07, 6.45) is 6.42. The van der Waals surface area contributed by atoms with Crippen LogP contribution in [0.1, 0.15) is 25.7 Å². The molecule has 2 saturated carbocycles. The van der Waals surface area contributed by atoms with E-state index in [1.165, 1.54) is 12.8 Å². The number of rotatable bonds is 3. The SMILES string of the molecule is NC1C[C@H]2CC[C@@H](C1)C2COc1cc2cc[nH]c(=O)c2cc1Cl. The molecule has 3 N–H and O–H groups in total. The predicted molar refractivity (Wildman–Crippen MR) is 92.0 cm³/mol. The average molecular weight is 333 g/mol. The highest BCUT2D eigenvalue weighted by Gasteiger charge is 2.41. The quantitative estimate of drug-likeness (QED) is 0.906. The zero-order valence-electron chi connectivity index (χ0n) is 12.9.